The van der Waals surface area contributed by atoms with Gasteiger partial charge in [-0.25, -0.2) is 38.6 Å². The number of amides is 8. The first-order valence-electron chi connectivity index (χ1n) is 42.5. The van der Waals surface area contributed by atoms with Crippen LogP contribution in [0.1, 0.15) is 166 Å². The number of urea groups is 4. The molecule has 4 aliphatic heterocycles. The average molecular weight is 1700 g/mol. The highest BCUT2D eigenvalue weighted by Crippen LogP contribution is 2.56. The lowest BCUT2D eigenvalue weighted by Crippen LogP contribution is -2.57. The maximum atomic E-state index is 14.0. The number of carbonyl (C=O) groups is 4. The third-order valence-electron chi connectivity index (χ3n) is 25.6. The second-order valence-corrected chi connectivity index (χ2v) is 33.3. The molecule has 4 saturated heterocycles. The lowest BCUT2D eigenvalue weighted by molar-refractivity contribution is -0.0118. The summed E-state index contributed by atoms with van der Waals surface area (Å²) in [6, 6.07) is 95.9. The van der Waals surface area contributed by atoms with E-state index in [0.29, 0.717) is 68.4 Å². The summed E-state index contributed by atoms with van der Waals surface area (Å²) >= 11 is 0. The van der Waals surface area contributed by atoms with E-state index in [1.54, 1.807) is 126 Å². The lowest BCUT2D eigenvalue weighted by Gasteiger charge is -2.44. The van der Waals surface area contributed by atoms with Crippen molar-refractivity contribution in [1.29, 1.82) is 21.0 Å². The van der Waals surface area contributed by atoms with Crippen molar-refractivity contribution in [3.63, 3.8) is 0 Å². The molecule has 129 heavy (non-hydrogen) atoms. The molecule has 4 heterocycles. The Morgan fingerprint density at radius 2 is 0.535 bits per heavy atom. The van der Waals surface area contributed by atoms with Gasteiger partial charge in [-0.1, -0.05) is 196 Å². The number of hydrogen-bond acceptors (Lipinski definition) is 9. The number of nitriles is 4. The van der Waals surface area contributed by atoms with Crippen molar-refractivity contribution in [2.75, 3.05) is 39.2 Å². The van der Waals surface area contributed by atoms with E-state index in [1.807, 2.05) is 165 Å². The normalized spacial score (nSPS) is 20.7. The van der Waals surface area contributed by atoms with Gasteiger partial charge in [0.05, 0.1) is 113 Å². The van der Waals surface area contributed by atoms with E-state index in [9.17, 15) is 45.3 Å². The predicted octanol–water partition coefficient (Wildman–Crippen LogP) is 26.2. The molecule has 12 aromatic rings. The second-order valence-electron chi connectivity index (χ2n) is 33.3. The predicted molar refractivity (Wildman–Crippen MR) is 508 cm³/mol. The Kier molecular flexibility index (Phi) is 26.3. The van der Waals surface area contributed by atoms with Crippen molar-refractivity contribution in [3.8, 4) is 24.3 Å². The highest BCUT2D eigenvalue weighted by Gasteiger charge is 2.66. The van der Waals surface area contributed by atoms with Gasteiger partial charge in [-0.2, -0.15) is 21.0 Å². The molecular formula is C108H96N16O5. The zero-order chi connectivity index (χ0) is 92.4. The molecule has 0 saturated carbocycles. The van der Waals surface area contributed by atoms with Gasteiger partial charge >= 0.3 is 24.1 Å². The molecule has 0 aromatic heterocycles. The van der Waals surface area contributed by atoms with Crippen LogP contribution in [0.25, 0.3) is 19.4 Å². The van der Waals surface area contributed by atoms with Crippen molar-refractivity contribution in [3.05, 3.63) is 404 Å². The van der Waals surface area contributed by atoms with Crippen molar-refractivity contribution in [1.82, 2.24) is 0 Å². The largest absolute Gasteiger partial charge is 0.364 e. The van der Waals surface area contributed by atoms with Gasteiger partial charge in [0, 0.05) is 51.1 Å². The smallest absolute Gasteiger partial charge is 0.332 e. The number of nitrogens with zero attached hydrogens (tertiary/aromatic N) is 16. The van der Waals surface area contributed by atoms with Crippen LogP contribution >= 0.6 is 0 Å². The molecule has 4 fully saturated rings. The SMILES string of the molecule is [C-]#[N+]c1ccc(N2C(=O)N(c3ccc(C#N)cc3)[C@@](C)(CC)C2(O)c2cccc(C)c2)cc1.[C-]#[N+]c1ccc(N2C(=O)N(c3ccc(C#N)cc3)[C@@](C)(CC)C2c2cccc(C)c2)cc1.[C-]#[N+]c1ccc(N2C(=O)N(c3ccc(C#N)cc3)[C@@](C)(CC)[C@@H]2c2cccc(C)c2)cc1.[C-]#[N+]c1ccc(N2C(=O)N(c3ccc(C#N)cc3)[C@@](C)(CC)[C@H]2c2cccc(C)c2)cc1. The van der Waals surface area contributed by atoms with Crippen LogP contribution in [-0.4, -0.2) is 51.4 Å². The fourth-order valence-corrected chi connectivity index (χ4v) is 18.3. The summed E-state index contributed by atoms with van der Waals surface area (Å²) in [7, 11) is 0. The summed E-state index contributed by atoms with van der Waals surface area (Å²) in [5.41, 5.74) is 13.7. The van der Waals surface area contributed by atoms with Gasteiger partial charge in [0.25, 0.3) is 0 Å². The highest BCUT2D eigenvalue weighted by molar-refractivity contribution is 6.12. The Balaban J connectivity index is 0.000000147. The Hall–Kier alpha value is -16.4. The summed E-state index contributed by atoms with van der Waals surface area (Å²) in [4.78, 5) is 83.9. The van der Waals surface area contributed by atoms with Crippen LogP contribution in [-0.2, 0) is 5.72 Å². The van der Waals surface area contributed by atoms with Crippen molar-refractivity contribution in [2.24, 2.45) is 0 Å². The third-order valence-corrected chi connectivity index (χ3v) is 25.6. The van der Waals surface area contributed by atoms with E-state index in [2.05, 4.69) is 161 Å². The van der Waals surface area contributed by atoms with Crippen LogP contribution in [0.2, 0.25) is 0 Å². The van der Waals surface area contributed by atoms with Crippen molar-refractivity contribution in [2.45, 2.75) is 155 Å². The minimum absolute atomic E-state index is 0.124. The molecule has 2 unspecified atom stereocenters. The summed E-state index contributed by atoms with van der Waals surface area (Å²) in [5, 5.41) is 49.2. The summed E-state index contributed by atoms with van der Waals surface area (Å²) < 4.78 is 0. The van der Waals surface area contributed by atoms with E-state index in [4.69, 9.17) is 26.3 Å². The fraction of sp³-hybridized carbons (Fsp3) is 0.222. The number of aryl methyl sites for hydroxylation is 4. The van der Waals surface area contributed by atoms with E-state index in [1.165, 1.54) is 4.90 Å². The second kappa shape index (κ2) is 37.6. The van der Waals surface area contributed by atoms with E-state index < -0.39 is 27.9 Å². The Morgan fingerprint density at radius 3 is 0.767 bits per heavy atom. The van der Waals surface area contributed by atoms with Gasteiger partial charge in [0.1, 0.15) is 0 Å². The molecule has 0 radical (unpaired) electrons. The minimum Gasteiger partial charge on any atom is -0.364 e. The highest BCUT2D eigenvalue weighted by atomic mass is 16.3. The minimum atomic E-state index is -1.70. The first-order valence-corrected chi connectivity index (χ1v) is 42.5. The van der Waals surface area contributed by atoms with Crippen molar-refractivity contribution >= 4 is 92.4 Å². The Labute approximate surface area is 755 Å². The molecule has 4 aliphatic rings. The molecule has 12 aromatic carbocycles. The van der Waals surface area contributed by atoms with Crippen molar-refractivity contribution < 1.29 is 24.3 Å². The average Bonchev–Trinajstić information content (AvgIpc) is 1.54. The third kappa shape index (κ3) is 16.8. The summed E-state index contributed by atoms with van der Waals surface area (Å²) in [6.07, 6.45) is 2.65. The summed E-state index contributed by atoms with van der Waals surface area (Å²) in [5.74, 6) is 0. The van der Waals surface area contributed by atoms with Gasteiger partial charge in [0.2, 0.25) is 0 Å². The van der Waals surface area contributed by atoms with Gasteiger partial charge in [-0.3, -0.25) is 39.2 Å². The molecule has 0 bridgehead atoms. The first kappa shape index (κ1) is 90.3. The topological polar surface area (TPSA) is 227 Å². The zero-order valence-corrected chi connectivity index (χ0v) is 74.0. The van der Waals surface area contributed by atoms with E-state index in [-0.39, 0.29) is 42.2 Å². The molecule has 21 nitrogen and oxygen atoms in total. The zero-order valence-electron chi connectivity index (χ0n) is 74.0. The molecule has 638 valence electrons. The number of carbonyl (C=O) groups excluding carboxylic acids is 4. The van der Waals surface area contributed by atoms with Crippen LogP contribution in [0.3, 0.4) is 0 Å². The summed E-state index contributed by atoms with van der Waals surface area (Å²) in [6.45, 7) is 53.5. The molecule has 0 aliphatic carbocycles. The van der Waals surface area contributed by atoms with Crippen LogP contribution in [0, 0.1) is 99.3 Å². The molecule has 8 atom stereocenters. The number of hydrogen-bond donors (Lipinski definition) is 1. The van der Waals surface area contributed by atoms with Crippen LogP contribution in [0.15, 0.2) is 291 Å². The van der Waals surface area contributed by atoms with E-state index in [0.717, 1.165) is 92.3 Å². The molecule has 1 N–H and O–H groups in total. The van der Waals surface area contributed by atoms with Gasteiger partial charge in [-0.05, 0) is 243 Å². The standard InChI is InChI=1S/C27H24N4O2.3C27H24N4O/c1-5-26(3)27(33,21-8-6-7-19(2)17-21)31(24-15-11-22(29-4)12-16-24)25(32)30(26)23-13-9-20(18-28)10-14-23;3*1-5-27(3)25(21-8-6-7-19(2)17-21)30(23-15-11-22(29-4)12-16-23)26(32)31(27)24-13-9-20(18-28)10-14-24/h6-17,33H,5H2,1-3H3;3*6-17,25H,5H2,1-3H3/t26-,27?;25?,27-;25-,27+;25-,27-/m0010/s1. The van der Waals surface area contributed by atoms with Crippen LogP contribution in [0.5, 0.6) is 0 Å². The van der Waals surface area contributed by atoms with Crippen LogP contribution in [0.4, 0.5) is 87.4 Å². The quantitative estimate of drug-likeness (QED) is 0.0906. The Morgan fingerprint density at radius 1 is 0.302 bits per heavy atom. The lowest BCUT2D eigenvalue weighted by atomic mass is 9.79. The monoisotopic (exact) mass is 1700 g/mol. The molecule has 16 rings (SSSR count). The van der Waals surface area contributed by atoms with E-state index >= 15 is 0 Å². The molecule has 21 heteroatoms. The van der Waals surface area contributed by atoms with Gasteiger partial charge < -0.3 is 5.11 Å². The van der Waals surface area contributed by atoms with Crippen LogP contribution < -0.4 is 39.2 Å². The van der Waals surface area contributed by atoms with Gasteiger partial charge in [-0.15, -0.1) is 0 Å². The molecule has 8 amide bonds. The maximum absolute atomic E-state index is 14.0. The Bertz CT molecular complexity index is 6120. The first-order chi connectivity index (χ1) is 62.1. The van der Waals surface area contributed by atoms with Gasteiger partial charge in [0.15, 0.2) is 28.5 Å². The number of rotatable bonds is 16. The fourth-order valence-electron chi connectivity index (χ4n) is 18.3. The number of aliphatic hydroxyl groups is 1. The number of anilines is 8. The maximum Gasteiger partial charge on any atom is 0.332 e. The molecular weight excluding hydrogens is 1600 g/mol. The number of benzene rings is 12. The molecule has 0 spiro atoms.